The van der Waals surface area contributed by atoms with E-state index < -0.39 is 5.60 Å². The number of benzene rings is 2. The zero-order valence-electron chi connectivity index (χ0n) is 33.9. The van der Waals surface area contributed by atoms with Crippen molar-refractivity contribution in [3.8, 4) is 5.82 Å². The van der Waals surface area contributed by atoms with Crippen LogP contribution < -0.4 is 31.3 Å². The van der Waals surface area contributed by atoms with Crippen molar-refractivity contribution >= 4 is 45.9 Å². The number of allylic oxidation sites excluding steroid dienone is 1. The third kappa shape index (κ3) is 7.84. The Morgan fingerprint density at radius 3 is 2.35 bits per heavy atom. The van der Waals surface area contributed by atoms with Crippen molar-refractivity contribution in [2.24, 2.45) is 5.92 Å². The summed E-state index contributed by atoms with van der Waals surface area (Å²) < 4.78 is 3.20. The van der Waals surface area contributed by atoms with Crippen LogP contribution in [0.25, 0.3) is 16.9 Å². The highest BCUT2D eigenvalue weighted by atomic mass is 16.3. The van der Waals surface area contributed by atoms with E-state index in [9.17, 15) is 19.5 Å². The monoisotopic (exact) mass is 808 g/mol. The lowest BCUT2D eigenvalue weighted by Gasteiger charge is -2.37. The first-order valence-corrected chi connectivity index (χ1v) is 21.2. The lowest BCUT2D eigenvalue weighted by molar-refractivity contribution is -0.133. The Morgan fingerprint density at radius 2 is 1.62 bits per heavy atom. The molecule has 14 heteroatoms. The molecule has 60 heavy (non-hydrogen) atoms. The van der Waals surface area contributed by atoms with Gasteiger partial charge in [-0.15, -0.1) is 6.58 Å². The lowest BCUT2D eigenvalue weighted by atomic mass is 9.89. The molecule has 1 aliphatic carbocycles. The molecule has 310 valence electrons. The van der Waals surface area contributed by atoms with Gasteiger partial charge in [0.2, 0.25) is 17.8 Å². The number of anilines is 4. The molecule has 0 spiro atoms. The van der Waals surface area contributed by atoms with Crippen LogP contribution in [0.2, 0.25) is 0 Å². The Kier molecular flexibility index (Phi) is 10.8. The number of carbonyl (C=O) groups is 2. The first-order valence-electron chi connectivity index (χ1n) is 21.2. The molecule has 3 aromatic heterocycles. The van der Waals surface area contributed by atoms with Gasteiger partial charge in [-0.05, 0) is 105 Å². The van der Waals surface area contributed by atoms with Gasteiger partial charge in [0.15, 0.2) is 11.5 Å². The summed E-state index contributed by atoms with van der Waals surface area (Å²) in [6.45, 7) is 12.9. The van der Waals surface area contributed by atoms with Gasteiger partial charge >= 0.3 is 0 Å². The molecule has 4 N–H and O–H groups in total. The molecule has 0 radical (unpaired) electrons. The molecule has 0 saturated carbocycles. The highest BCUT2D eigenvalue weighted by Gasteiger charge is 2.36. The average molecular weight is 809 g/mol. The molecular weight excluding hydrogens is 757 g/mol. The lowest BCUT2D eigenvalue weighted by Crippen LogP contribution is -2.45. The van der Waals surface area contributed by atoms with Gasteiger partial charge in [0.05, 0.1) is 12.2 Å². The number of nitrogens with one attached hydrogen (secondary N) is 3. The van der Waals surface area contributed by atoms with Crippen LogP contribution in [0.5, 0.6) is 0 Å². The summed E-state index contributed by atoms with van der Waals surface area (Å²) in [6, 6.07) is 21.0. The first-order chi connectivity index (χ1) is 29.2. The van der Waals surface area contributed by atoms with E-state index in [1.54, 1.807) is 17.0 Å². The van der Waals surface area contributed by atoms with Crippen molar-refractivity contribution < 1.29 is 14.7 Å². The number of amides is 2. The molecule has 2 amide bonds. The highest BCUT2D eigenvalue weighted by molar-refractivity contribution is 5.98. The normalized spacial score (nSPS) is 20.4. The van der Waals surface area contributed by atoms with Crippen molar-refractivity contribution in [3.63, 3.8) is 0 Å². The maximum Gasteiger partial charge on any atom is 0.278 e. The zero-order chi connectivity index (χ0) is 41.4. The van der Waals surface area contributed by atoms with E-state index in [4.69, 9.17) is 9.97 Å². The maximum absolute atomic E-state index is 13.5. The number of carbonyl (C=O) groups excluding carboxylic acids is 2. The third-order valence-corrected chi connectivity index (χ3v) is 12.8. The molecule has 2 aromatic carbocycles. The number of aryl methyl sites for hydroxylation is 1. The minimum absolute atomic E-state index is 0.0501. The van der Waals surface area contributed by atoms with Crippen LogP contribution in [0.15, 0.2) is 97.0 Å². The first kappa shape index (κ1) is 39.3. The second-order valence-corrected chi connectivity index (χ2v) is 16.7. The smallest absolute Gasteiger partial charge is 0.278 e. The van der Waals surface area contributed by atoms with Crippen LogP contribution in [-0.2, 0) is 28.2 Å². The number of rotatable bonds is 12. The van der Waals surface area contributed by atoms with Gasteiger partial charge in [-0.1, -0.05) is 36.9 Å². The van der Waals surface area contributed by atoms with E-state index in [0.717, 1.165) is 75.2 Å². The molecule has 0 unspecified atom stereocenters. The summed E-state index contributed by atoms with van der Waals surface area (Å²) in [5.74, 6) is 1.03. The molecule has 6 heterocycles. The number of imide groups is 1. The van der Waals surface area contributed by atoms with Gasteiger partial charge in [0, 0.05) is 74.2 Å². The number of pyridine rings is 1. The number of fused-ring (bicyclic) bond motifs is 2. The SMILES string of the molecule is C=CCn1c(=O)c2cnc(Nc3ccc(N4CCC(CNC5CCN(c6cccc(C7CC(=O)NC(=O)C7)c6)CC5)CC4)cc3)nc2n1-c1ccc2c(n1)[C@@](O)(C=C)CC2. The average Bonchev–Trinajstić information content (AvgIpc) is 3.75. The van der Waals surface area contributed by atoms with Crippen molar-refractivity contribution in [1.29, 1.82) is 0 Å². The van der Waals surface area contributed by atoms with E-state index in [2.05, 4.69) is 68.2 Å². The largest absolute Gasteiger partial charge is 0.379 e. The molecule has 9 rings (SSSR count). The standard InChI is InChI=1S/C46H52N10O4/c1-3-20-55-44(59)38-29-48-45(52-43(38)56(55)39-13-8-31-14-19-46(60,4-2)42(31)50-39)49-35-9-11-36(12-10-35)53-21-15-30(16-22-53)28-47-34-17-23-54(24-18-34)37-7-5-6-32(25-37)33-26-40(57)51-41(58)27-33/h3-13,25,29-30,33-34,47,60H,1-2,14-24,26-28H2,(H,48,49,52)(H,51,57,58)/t46-/m1/s1. The van der Waals surface area contributed by atoms with E-state index in [-0.39, 0.29) is 29.8 Å². The predicted octanol–water partition coefficient (Wildman–Crippen LogP) is 5.22. The number of nitrogens with zero attached hydrogens (tertiary/aromatic N) is 7. The number of piperidine rings is 3. The number of hydrogen-bond acceptors (Lipinski definition) is 11. The van der Waals surface area contributed by atoms with E-state index in [1.165, 1.54) is 22.1 Å². The number of aromatic nitrogens is 5. The molecular formula is C46H52N10O4. The van der Waals surface area contributed by atoms with Crippen LogP contribution in [0.4, 0.5) is 23.0 Å². The Bertz CT molecular complexity index is 2480. The Labute approximate surface area is 349 Å². The Balaban J connectivity index is 0.781. The van der Waals surface area contributed by atoms with Crippen LogP contribution >= 0.6 is 0 Å². The topological polar surface area (TPSA) is 163 Å². The van der Waals surface area contributed by atoms with Crippen molar-refractivity contribution in [1.82, 2.24) is 34.9 Å². The minimum atomic E-state index is -1.22. The molecule has 1 atom stereocenters. The Hall–Kier alpha value is -6.12. The van der Waals surface area contributed by atoms with Gasteiger partial charge in [0.25, 0.3) is 5.56 Å². The molecule has 4 aliphatic rings. The van der Waals surface area contributed by atoms with Crippen molar-refractivity contribution in [2.75, 3.05) is 47.8 Å². The summed E-state index contributed by atoms with van der Waals surface area (Å²) in [5, 5.41) is 21.1. The van der Waals surface area contributed by atoms with Crippen LogP contribution in [0, 0.1) is 5.92 Å². The van der Waals surface area contributed by atoms with E-state index in [1.807, 2.05) is 36.4 Å². The second-order valence-electron chi connectivity index (χ2n) is 16.7. The highest BCUT2D eigenvalue weighted by Crippen LogP contribution is 2.37. The van der Waals surface area contributed by atoms with Gasteiger partial charge < -0.3 is 25.5 Å². The van der Waals surface area contributed by atoms with Gasteiger partial charge in [-0.2, -0.15) is 4.98 Å². The summed E-state index contributed by atoms with van der Waals surface area (Å²) in [7, 11) is 0. The summed E-state index contributed by atoms with van der Waals surface area (Å²) in [6.07, 6.45) is 11.1. The minimum Gasteiger partial charge on any atom is -0.379 e. The number of aliphatic hydroxyl groups is 1. The maximum atomic E-state index is 13.5. The molecule has 3 aliphatic heterocycles. The van der Waals surface area contributed by atoms with Crippen LogP contribution in [0.1, 0.15) is 67.7 Å². The summed E-state index contributed by atoms with van der Waals surface area (Å²) in [4.78, 5) is 56.4. The van der Waals surface area contributed by atoms with Gasteiger partial charge in [-0.25, -0.2) is 19.3 Å². The zero-order valence-corrected chi connectivity index (χ0v) is 33.9. The number of hydrogen-bond donors (Lipinski definition) is 4. The van der Waals surface area contributed by atoms with Crippen LogP contribution in [-0.4, -0.2) is 80.0 Å². The van der Waals surface area contributed by atoms with E-state index >= 15 is 0 Å². The Morgan fingerprint density at radius 1 is 0.883 bits per heavy atom. The van der Waals surface area contributed by atoms with E-state index in [0.29, 0.717) is 66.1 Å². The summed E-state index contributed by atoms with van der Waals surface area (Å²) in [5.41, 5.74) is 4.67. The third-order valence-electron chi connectivity index (χ3n) is 12.8. The van der Waals surface area contributed by atoms with Crippen molar-refractivity contribution in [2.45, 2.75) is 75.5 Å². The fourth-order valence-electron chi connectivity index (χ4n) is 9.37. The fraction of sp³-hybridized carbons (Fsp3) is 0.391. The summed E-state index contributed by atoms with van der Waals surface area (Å²) >= 11 is 0. The van der Waals surface area contributed by atoms with Crippen LogP contribution in [0.3, 0.4) is 0 Å². The quantitative estimate of drug-likeness (QED) is 0.0966. The molecule has 3 fully saturated rings. The molecule has 5 aromatic rings. The molecule has 14 nitrogen and oxygen atoms in total. The fourth-order valence-corrected chi connectivity index (χ4v) is 9.37. The molecule has 3 saturated heterocycles. The molecule has 0 bridgehead atoms. The van der Waals surface area contributed by atoms with Crippen molar-refractivity contribution in [3.05, 3.63) is 119 Å². The predicted molar refractivity (Wildman–Crippen MR) is 233 cm³/mol. The van der Waals surface area contributed by atoms with Gasteiger partial charge in [0.1, 0.15) is 11.0 Å². The van der Waals surface area contributed by atoms with Gasteiger partial charge in [-0.3, -0.25) is 19.7 Å². The second kappa shape index (κ2) is 16.5.